The summed E-state index contributed by atoms with van der Waals surface area (Å²) in [5.41, 5.74) is 0.164. The molecule has 0 heterocycles. The summed E-state index contributed by atoms with van der Waals surface area (Å²) >= 11 is 0. The number of aliphatic carboxylic acids is 1. The lowest BCUT2D eigenvalue weighted by Crippen LogP contribution is -2.54. The highest BCUT2D eigenvalue weighted by Gasteiger charge is 2.24. The number of carbonyl (C=O) groups excluding carboxylic acids is 4. The molecule has 0 unspecified atom stereocenters. The maximum atomic E-state index is 12.3. The summed E-state index contributed by atoms with van der Waals surface area (Å²) < 4.78 is 0. The van der Waals surface area contributed by atoms with Gasteiger partial charge in [-0.25, -0.2) is 0 Å². The summed E-state index contributed by atoms with van der Waals surface area (Å²) in [5, 5.41) is 28.8. The Morgan fingerprint density at radius 2 is 1.31 bits per heavy atom. The zero-order valence-corrected chi connectivity index (χ0v) is 17.7. The average molecular weight is 451 g/mol. The van der Waals surface area contributed by atoms with Crippen LogP contribution in [-0.4, -0.2) is 57.8 Å². The second-order valence-corrected chi connectivity index (χ2v) is 6.94. The molecule has 0 aromatic heterocycles. The largest absolute Gasteiger partial charge is 0.481 e. The van der Waals surface area contributed by atoms with Crippen LogP contribution in [-0.2, 0) is 24.0 Å². The van der Waals surface area contributed by atoms with Crippen LogP contribution in [0.1, 0.15) is 33.6 Å². The molecule has 0 radical (unpaired) electrons. The smallest absolute Gasteiger partial charge is 0.303 e. The summed E-state index contributed by atoms with van der Waals surface area (Å²) in [4.78, 5) is 68.7. The molecule has 0 aliphatic rings. The number of rotatable bonds is 11. The van der Waals surface area contributed by atoms with Crippen LogP contribution in [0.4, 0.5) is 11.4 Å². The van der Waals surface area contributed by atoms with E-state index in [0.717, 1.165) is 0 Å². The topological polar surface area (TPSA) is 197 Å². The Morgan fingerprint density at radius 3 is 1.78 bits per heavy atom. The molecule has 1 rings (SSSR count). The molecule has 13 nitrogen and oxygen atoms in total. The van der Waals surface area contributed by atoms with E-state index in [-0.39, 0.29) is 18.5 Å². The molecule has 5 N–H and O–H groups in total. The summed E-state index contributed by atoms with van der Waals surface area (Å²) in [6.45, 7) is 4.17. The van der Waals surface area contributed by atoms with Gasteiger partial charge in [-0.05, 0) is 32.9 Å². The van der Waals surface area contributed by atoms with E-state index in [1.54, 1.807) is 0 Å². The third kappa shape index (κ3) is 8.77. The van der Waals surface area contributed by atoms with Crippen molar-refractivity contribution in [1.29, 1.82) is 0 Å². The van der Waals surface area contributed by atoms with E-state index in [4.69, 9.17) is 5.11 Å². The van der Waals surface area contributed by atoms with Crippen molar-refractivity contribution in [2.24, 2.45) is 0 Å². The number of hydrogen-bond acceptors (Lipinski definition) is 7. The number of benzene rings is 1. The molecule has 0 spiro atoms. The first-order valence-corrected chi connectivity index (χ1v) is 9.58. The van der Waals surface area contributed by atoms with Gasteiger partial charge in [0.1, 0.15) is 18.1 Å². The van der Waals surface area contributed by atoms with Crippen molar-refractivity contribution < 1.29 is 34.0 Å². The van der Waals surface area contributed by atoms with E-state index in [1.165, 1.54) is 45.0 Å². The Hall–Kier alpha value is -4.03. The van der Waals surface area contributed by atoms with Crippen LogP contribution in [0.5, 0.6) is 0 Å². The number of carboxylic acid groups (broad SMARTS) is 1. The third-order valence-electron chi connectivity index (χ3n) is 4.19. The minimum Gasteiger partial charge on any atom is -0.481 e. The Labute approximate surface area is 183 Å². The van der Waals surface area contributed by atoms with Gasteiger partial charge in [-0.15, -0.1) is 0 Å². The van der Waals surface area contributed by atoms with Crippen LogP contribution >= 0.6 is 0 Å². The van der Waals surface area contributed by atoms with Gasteiger partial charge in [0.15, 0.2) is 0 Å². The molecule has 32 heavy (non-hydrogen) atoms. The summed E-state index contributed by atoms with van der Waals surface area (Å²) in [6, 6.07) is 2.12. The zero-order chi connectivity index (χ0) is 24.4. The molecule has 0 fully saturated rings. The van der Waals surface area contributed by atoms with Crippen LogP contribution < -0.4 is 21.3 Å². The second-order valence-electron chi connectivity index (χ2n) is 6.94. The SMILES string of the molecule is C[C@H](NC(=O)CCC(=O)O)C(=O)N[C@@H](C)C(=O)N[C@H](C)C(=O)Nc1ccc([N+](=O)[O-])cc1. The van der Waals surface area contributed by atoms with Crippen LogP contribution in [0.25, 0.3) is 0 Å². The van der Waals surface area contributed by atoms with Crippen molar-refractivity contribution >= 4 is 41.0 Å². The number of hydrogen-bond donors (Lipinski definition) is 5. The van der Waals surface area contributed by atoms with Gasteiger partial charge < -0.3 is 26.4 Å². The number of carboxylic acids is 1. The standard InChI is InChI=1S/C19H25N5O8/c1-10(20-15(25)8-9-16(26)27)17(28)21-11(2)18(29)22-12(3)19(30)23-13-4-6-14(7-5-13)24(31)32/h4-7,10-12H,8-9H2,1-3H3,(H,20,25)(H,21,28)(H,22,29)(H,23,30)(H,26,27)/t10-,11-,12+/m0/s1. The number of non-ortho nitro benzene ring substituents is 1. The Morgan fingerprint density at radius 1 is 0.844 bits per heavy atom. The van der Waals surface area contributed by atoms with E-state index in [2.05, 4.69) is 21.3 Å². The molecule has 0 bridgehead atoms. The molecule has 1 aromatic rings. The van der Waals surface area contributed by atoms with E-state index in [9.17, 15) is 34.1 Å². The predicted molar refractivity (Wildman–Crippen MR) is 111 cm³/mol. The number of nitrogens with one attached hydrogen (secondary N) is 4. The van der Waals surface area contributed by atoms with E-state index in [1.807, 2.05) is 0 Å². The first-order valence-electron chi connectivity index (χ1n) is 9.58. The van der Waals surface area contributed by atoms with Crippen molar-refractivity contribution in [1.82, 2.24) is 16.0 Å². The number of carbonyl (C=O) groups is 5. The summed E-state index contributed by atoms with van der Waals surface area (Å²) in [6.07, 6.45) is -0.664. The minimum atomic E-state index is -1.14. The molecule has 1 aromatic carbocycles. The maximum absolute atomic E-state index is 12.3. The minimum absolute atomic E-state index is 0.138. The normalized spacial score (nSPS) is 13.1. The van der Waals surface area contributed by atoms with Crippen molar-refractivity contribution in [3.63, 3.8) is 0 Å². The number of anilines is 1. The first-order chi connectivity index (χ1) is 14.9. The van der Waals surface area contributed by atoms with Gasteiger partial charge in [0.2, 0.25) is 23.6 Å². The van der Waals surface area contributed by atoms with E-state index >= 15 is 0 Å². The lowest BCUT2D eigenvalue weighted by atomic mass is 10.2. The highest BCUT2D eigenvalue weighted by Crippen LogP contribution is 2.15. The first kappa shape index (κ1) is 26.0. The van der Waals surface area contributed by atoms with Gasteiger partial charge in [-0.2, -0.15) is 0 Å². The van der Waals surface area contributed by atoms with Crippen LogP contribution in [0.2, 0.25) is 0 Å². The Bertz CT molecular complexity index is 886. The number of nitro groups is 1. The summed E-state index contributed by atoms with van der Waals surface area (Å²) in [5.74, 6) is -3.67. The monoisotopic (exact) mass is 451 g/mol. The van der Waals surface area contributed by atoms with Crippen molar-refractivity contribution in [2.75, 3.05) is 5.32 Å². The molecule has 0 saturated carbocycles. The Kier molecular flexibility index (Phi) is 9.73. The fourth-order valence-corrected chi connectivity index (χ4v) is 2.32. The molecule has 13 heteroatoms. The zero-order valence-electron chi connectivity index (χ0n) is 17.7. The summed E-state index contributed by atoms with van der Waals surface area (Å²) in [7, 11) is 0. The lowest BCUT2D eigenvalue weighted by Gasteiger charge is -2.20. The number of nitrogens with zero attached hydrogens (tertiary/aromatic N) is 1. The fraction of sp³-hybridized carbons (Fsp3) is 0.421. The second kappa shape index (κ2) is 12.0. The van der Waals surface area contributed by atoms with Gasteiger partial charge in [0.25, 0.3) is 5.69 Å². The lowest BCUT2D eigenvalue weighted by molar-refractivity contribution is -0.384. The van der Waals surface area contributed by atoms with Gasteiger partial charge in [-0.1, -0.05) is 0 Å². The number of nitro benzene ring substituents is 1. The van der Waals surface area contributed by atoms with Crippen molar-refractivity contribution in [3.05, 3.63) is 34.4 Å². The molecular weight excluding hydrogens is 426 g/mol. The predicted octanol–water partition coefficient (Wildman–Crippen LogP) is -0.0878. The van der Waals surface area contributed by atoms with Gasteiger partial charge >= 0.3 is 5.97 Å². The van der Waals surface area contributed by atoms with Gasteiger partial charge in [0.05, 0.1) is 11.3 Å². The molecule has 3 atom stereocenters. The van der Waals surface area contributed by atoms with Crippen molar-refractivity contribution in [2.45, 2.75) is 51.7 Å². The molecule has 0 saturated heterocycles. The highest BCUT2D eigenvalue weighted by molar-refractivity contribution is 5.98. The molecule has 4 amide bonds. The molecule has 0 aliphatic heterocycles. The Balaban J connectivity index is 2.51. The van der Waals surface area contributed by atoms with Gasteiger partial charge in [0, 0.05) is 24.2 Å². The molecular formula is C19H25N5O8. The third-order valence-corrected chi connectivity index (χ3v) is 4.19. The van der Waals surface area contributed by atoms with Crippen LogP contribution in [0.15, 0.2) is 24.3 Å². The van der Waals surface area contributed by atoms with Gasteiger partial charge in [-0.3, -0.25) is 34.1 Å². The van der Waals surface area contributed by atoms with Crippen molar-refractivity contribution in [3.8, 4) is 0 Å². The molecule has 174 valence electrons. The van der Waals surface area contributed by atoms with E-state index in [0.29, 0.717) is 5.69 Å². The average Bonchev–Trinajstić information content (AvgIpc) is 2.72. The molecule has 0 aliphatic carbocycles. The quantitative estimate of drug-likeness (QED) is 0.227. The van der Waals surface area contributed by atoms with E-state index < -0.39 is 52.6 Å². The van der Waals surface area contributed by atoms with Crippen LogP contribution in [0.3, 0.4) is 0 Å². The fourth-order valence-electron chi connectivity index (χ4n) is 2.32. The highest BCUT2D eigenvalue weighted by atomic mass is 16.6. The maximum Gasteiger partial charge on any atom is 0.303 e. The van der Waals surface area contributed by atoms with Crippen LogP contribution in [0, 0.1) is 10.1 Å². The number of amides is 4.